The smallest absolute Gasteiger partial charge is 0.255 e. The molecule has 0 N–H and O–H groups in total. The second-order valence-corrected chi connectivity index (χ2v) is 6.07. The van der Waals surface area contributed by atoms with Crippen LogP contribution >= 0.6 is 39.1 Å². The number of hydrogen-bond donors (Lipinski definition) is 0. The molecule has 0 unspecified atom stereocenters. The number of nitrogens with zero attached hydrogens (tertiary/aromatic N) is 1. The first kappa shape index (κ1) is 14.2. The van der Waals surface area contributed by atoms with Gasteiger partial charge in [-0.1, -0.05) is 11.6 Å². The molecule has 0 aliphatic heterocycles. The van der Waals surface area contributed by atoms with Gasteiger partial charge in [0, 0.05) is 28.0 Å². The average molecular weight is 351 g/mol. The monoisotopic (exact) mass is 349 g/mol. The SMILES string of the molecule is O=C(c1ccc(Cl)cc1Br)N(CCCl)C1CCC1. The minimum atomic E-state index is 0.0314. The molecule has 0 aromatic heterocycles. The predicted octanol–water partition coefficient (Wildman–Crippen LogP) is 4.34. The molecule has 1 aliphatic rings. The van der Waals surface area contributed by atoms with Crippen LogP contribution in [-0.4, -0.2) is 29.3 Å². The van der Waals surface area contributed by atoms with Crippen LogP contribution in [0.15, 0.2) is 22.7 Å². The maximum absolute atomic E-state index is 12.5. The van der Waals surface area contributed by atoms with E-state index in [0.717, 1.165) is 17.3 Å². The van der Waals surface area contributed by atoms with Gasteiger partial charge in [0.2, 0.25) is 0 Å². The molecule has 0 spiro atoms. The van der Waals surface area contributed by atoms with Gasteiger partial charge in [0.15, 0.2) is 0 Å². The third-order valence-electron chi connectivity index (χ3n) is 3.26. The summed E-state index contributed by atoms with van der Waals surface area (Å²) in [4.78, 5) is 14.4. The van der Waals surface area contributed by atoms with E-state index in [4.69, 9.17) is 23.2 Å². The van der Waals surface area contributed by atoms with Crippen molar-refractivity contribution in [2.45, 2.75) is 25.3 Å². The summed E-state index contributed by atoms with van der Waals surface area (Å²) in [6.07, 6.45) is 3.35. The number of alkyl halides is 1. The lowest BCUT2D eigenvalue weighted by Gasteiger charge is -2.37. The van der Waals surface area contributed by atoms with E-state index >= 15 is 0 Å². The van der Waals surface area contributed by atoms with E-state index in [1.54, 1.807) is 18.2 Å². The number of hydrogen-bond acceptors (Lipinski definition) is 1. The fourth-order valence-electron chi connectivity index (χ4n) is 2.06. The first-order valence-corrected chi connectivity index (χ1v) is 7.66. The van der Waals surface area contributed by atoms with Crippen molar-refractivity contribution in [1.82, 2.24) is 4.90 Å². The van der Waals surface area contributed by atoms with E-state index in [9.17, 15) is 4.79 Å². The van der Waals surface area contributed by atoms with Crippen LogP contribution in [0.5, 0.6) is 0 Å². The van der Waals surface area contributed by atoms with Crippen molar-refractivity contribution in [3.8, 4) is 0 Å². The Hall–Kier alpha value is -0.250. The zero-order chi connectivity index (χ0) is 13.1. The summed E-state index contributed by atoms with van der Waals surface area (Å²) in [5.74, 6) is 0.497. The Morgan fingerprint density at radius 3 is 2.67 bits per heavy atom. The molecule has 0 radical (unpaired) electrons. The molecule has 5 heteroatoms. The largest absolute Gasteiger partial charge is 0.334 e. The summed E-state index contributed by atoms with van der Waals surface area (Å²) in [7, 11) is 0. The molecule has 0 heterocycles. The number of carbonyl (C=O) groups is 1. The Balaban J connectivity index is 2.21. The lowest BCUT2D eigenvalue weighted by molar-refractivity contribution is 0.0597. The van der Waals surface area contributed by atoms with Crippen molar-refractivity contribution in [3.63, 3.8) is 0 Å². The van der Waals surface area contributed by atoms with Gasteiger partial charge in [-0.15, -0.1) is 11.6 Å². The predicted molar refractivity (Wildman–Crippen MR) is 78.5 cm³/mol. The number of carbonyl (C=O) groups excluding carboxylic acids is 1. The zero-order valence-electron chi connectivity index (χ0n) is 9.83. The van der Waals surface area contributed by atoms with Gasteiger partial charge in [0.1, 0.15) is 0 Å². The van der Waals surface area contributed by atoms with E-state index in [0.29, 0.717) is 29.1 Å². The standard InChI is InChI=1S/C13H14BrCl2NO/c14-12-8-9(16)4-5-11(12)13(18)17(7-6-15)10-2-1-3-10/h4-5,8,10H,1-3,6-7H2. The average Bonchev–Trinajstić information content (AvgIpc) is 2.25. The quantitative estimate of drug-likeness (QED) is 0.740. The van der Waals surface area contributed by atoms with Crippen LogP contribution in [0.25, 0.3) is 0 Å². The highest BCUT2D eigenvalue weighted by atomic mass is 79.9. The molecule has 1 fully saturated rings. The number of amides is 1. The third kappa shape index (κ3) is 3.01. The van der Waals surface area contributed by atoms with Gasteiger partial charge in [0.05, 0.1) is 5.56 Å². The van der Waals surface area contributed by atoms with Gasteiger partial charge < -0.3 is 4.90 Å². The zero-order valence-corrected chi connectivity index (χ0v) is 12.9. The molecule has 0 saturated heterocycles. The highest BCUT2D eigenvalue weighted by Gasteiger charge is 2.29. The topological polar surface area (TPSA) is 20.3 Å². The van der Waals surface area contributed by atoms with Crippen LogP contribution < -0.4 is 0 Å². The molecule has 1 saturated carbocycles. The van der Waals surface area contributed by atoms with Gasteiger partial charge in [-0.25, -0.2) is 0 Å². The molecule has 1 aromatic rings. The van der Waals surface area contributed by atoms with Crippen molar-refractivity contribution < 1.29 is 4.79 Å². The molecule has 0 atom stereocenters. The molecule has 1 amide bonds. The van der Waals surface area contributed by atoms with Crippen molar-refractivity contribution in [2.75, 3.05) is 12.4 Å². The fraction of sp³-hybridized carbons (Fsp3) is 0.462. The Kier molecular flexibility index (Phi) is 4.93. The lowest BCUT2D eigenvalue weighted by Crippen LogP contribution is -2.45. The molecule has 2 rings (SSSR count). The normalized spacial score (nSPS) is 15.3. The first-order chi connectivity index (χ1) is 8.63. The Bertz CT molecular complexity index is 449. The van der Waals surface area contributed by atoms with Gasteiger partial charge in [-0.3, -0.25) is 4.79 Å². The number of benzene rings is 1. The van der Waals surface area contributed by atoms with Crippen molar-refractivity contribution in [1.29, 1.82) is 0 Å². The summed E-state index contributed by atoms with van der Waals surface area (Å²) < 4.78 is 0.735. The van der Waals surface area contributed by atoms with E-state index in [1.165, 1.54) is 6.42 Å². The molecule has 2 nitrogen and oxygen atoms in total. The lowest BCUT2D eigenvalue weighted by atomic mass is 9.91. The maximum Gasteiger partial charge on any atom is 0.255 e. The number of halogens is 3. The Labute approximate surface area is 125 Å². The van der Waals surface area contributed by atoms with Crippen LogP contribution in [0, 0.1) is 0 Å². The number of rotatable bonds is 4. The third-order valence-corrected chi connectivity index (χ3v) is 4.32. The summed E-state index contributed by atoms with van der Waals surface area (Å²) in [6.45, 7) is 0.597. The molecule has 18 heavy (non-hydrogen) atoms. The second kappa shape index (κ2) is 6.27. The van der Waals surface area contributed by atoms with Gasteiger partial charge in [-0.2, -0.15) is 0 Å². The highest BCUT2D eigenvalue weighted by Crippen LogP contribution is 2.29. The fourth-order valence-corrected chi connectivity index (χ4v) is 3.09. The van der Waals surface area contributed by atoms with Crippen LogP contribution in [0.2, 0.25) is 5.02 Å². The summed E-state index contributed by atoms with van der Waals surface area (Å²) in [5.41, 5.74) is 0.649. The molecular formula is C13H14BrCl2NO. The minimum absolute atomic E-state index is 0.0314. The summed E-state index contributed by atoms with van der Waals surface area (Å²) in [6, 6.07) is 5.58. The van der Waals surface area contributed by atoms with Crippen LogP contribution in [0.4, 0.5) is 0 Å². The molecule has 1 aromatic carbocycles. The maximum atomic E-state index is 12.5. The molecule has 0 bridgehead atoms. The van der Waals surface area contributed by atoms with Gasteiger partial charge >= 0.3 is 0 Å². The van der Waals surface area contributed by atoms with Crippen molar-refractivity contribution in [3.05, 3.63) is 33.3 Å². The molecule has 98 valence electrons. The van der Waals surface area contributed by atoms with E-state index in [1.807, 2.05) is 4.90 Å². The van der Waals surface area contributed by atoms with Crippen molar-refractivity contribution in [2.24, 2.45) is 0 Å². The first-order valence-electron chi connectivity index (χ1n) is 5.95. The van der Waals surface area contributed by atoms with Crippen LogP contribution in [-0.2, 0) is 0 Å². The van der Waals surface area contributed by atoms with Gasteiger partial charge in [-0.05, 0) is 53.4 Å². The van der Waals surface area contributed by atoms with E-state index < -0.39 is 0 Å². The highest BCUT2D eigenvalue weighted by molar-refractivity contribution is 9.10. The molecular weight excluding hydrogens is 337 g/mol. The molecule has 1 aliphatic carbocycles. The minimum Gasteiger partial charge on any atom is -0.334 e. The summed E-state index contributed by atoms with van der Waals surface area (Å²) in [5, 5.41) is 0.617. The van der Waals surface area contributed by atoms with Gasteiger partial charge in [0.25, 0.3) is 5.91 Å². The van der Waals surface area contributed by atoms with Crippen molar-refractivity contribution >= 4 is 45.0 Å². The summed E-state index contributed by atoms with van der Waals surface area (Å²) >= 11 is 15.1. The Morgan fingerprint density at radius 1 is 1.44 bits per heavy atom. The second-order valence-electron chi connectivity index (χ2n) is 4.40. The van der Waals surface area contributed by atoms with Crippen LogP contribution in [0.1, 0.15) is 29.6 Å². The van der Waals surface area contributed by atoms with E-state index in [-0.39, 0.29) is 5.91 Å². The Morgan fingerprint density at radius 2 is 2.17 bits per heavy atom. The van der Waals surface area contributed by atoms with E-state index in [2.05, 4.69) is 15.9 Å². The van der Waals surface area contributed by atoms with Crippen LogP contribution in [0.3, 0.4) is 0 Å².